The van der Waals surface area contributed by atoms with Gasteiger partial charge in [-0.15, -0.1) is 6.58 Å². The fourth-order valence-corrected chi connectivity index (χ4v) is 5.36. The van der Waals surface area contributed by atoms with Gasteiger partial charge in [-0.1, -0.05) is 66.2 Å². The molecule has 16 heteroatoms. The number of urea groups is 1. The number of methoxy groups -OCH3 is 1. The smallest absolute Gasteiger partial charge is 0.780 e. The number of hydrazine groups is 1. The first-order valence-electron chi connectivity index (χ1n) is 14.4. The molecule has 1 N–H and O–H groups in total. The van der Waals surface area contributed by atoms with Gasteiger partial charge in [0.2, 0.25) is 11.8 Å². The van der Waals surface area contributed by atoms with E-state index < -0.39 is 14.0 Å². The largest absolute Gasteiger partial charge is 1.00 e. The summed E-state index contributed by atoms with van der Waals surface area (Å²) in [6.45, 7) is 6.83. The van der Waals surface area contributed by atoms with Gasteiger partial charge in [-0.25, -0.2) is 14.8 Å². The molecule has 3 aromatic carbocycles. The molecule has 3 aromatic rings. The fourth-order valence-electron chi connectivity index (χ4n) is 4.98. The van der Waals surface area contributed by atoms with Gasteiger partial charge in [-0.2, -0.15) is 0 Å². The predicted molar refractivity (Wildman–Crippen MR) is 166 cm³/mol. The first kappa shape index (κ1) is 41.5. The van der Waals surface area contributed by atoms with Crippen LogP contribution < -0.4 is 83.5 Å². The molecule has 2 aliphatic heterocycles. The van der Waals surface area contributed by atoms with Crippen molar-refractivity contribution in [3.8, 4) is 11.5 Å². The van der Waals surface area contributed by atoms with E-state index in [2.05, 4.69) is 16.4 Å². The van der Waals surface area contributed by atoms with Crippen LogP contribution in [0.4, 0.5) is 4.79 Å². The second-order valence-electron chi connectivity index (χ2n) is 10.6. The number of hydrogen-bond donors (Lipinski definition) is 1. The Balaban J connectivity index is 0.000000486. The van der Waals surface area contributed by atoms with Gasteiger partial charge in [0.05, 0.1) is 20.2 Å². The summed E-state index contributed by atoms with van der Waals surface area (Å²) in [6.07, 6.45) is 1.05. The van der Waals surface area contributed by atoms with Crippen LogP contribution in [-0.2, 0) is 27.2 Å². The van der Waals surface area contributed by atoms with Crippen molar-refractivity contribution in [3.63, 3.8) is 0 Å². The second-order valence-corrected chi connectivity index (χ2v) is 11.7. The number of aryl methyl sites for hydroxylation is 1. The second kappa shape index (κ2) is 19.5. The van der Waals surface area contributed by atoms with Crippen molar-refractivity contribution < 1.29 is 97.1 Å². The quantitative estimate of drug-likeness (QED) is 0.134. The number of nitrogens with one attached hydrogen (secondary N) is 1. The Morgan fingerprint density at radius 2 is 1.56 bits per heavy atom. The van der Waals surface area contributed by atoms with Gasteiger partial charge in [0.25, 0.3) is 0 Å². The summed E-state index contributed by atoms with van der Waals surface area (Å²) in [7, 11) is -3.30. The molecule has 0 radical (unpaired) electrons. The number of carbonyl (C=O) groups excluding carboxylic acids is 3. The maximum atomic E-state index is 13.3. The standard InChI is InChI=1S/C25H29N5O4.C7H9O4P.2Na/c1-3-13-28-17-24(32)29-18-23(31)27(15-20-9-11-21(34-2)12-10-20)16-22(29)30(28)25(33)26-14-19-7-5-4-6-8-19;1-6-2-4-7(5-3-6)11-12(8,9)10;;/h3-12,22H,1,13-18H2,2H3,(H,26,33);2-5H,1H3,(H2,8,9,10);;/q;;2*+1/p-2. The zero-order valence-corrected chi connectivity index (χ0v) is 32.5. The van der Waals surface area contributed by atoms with E-state index in [0.29, 0.717) is 19.6 Å². The van der Waals surface area contributed by atoms with Gasteiger partial charge in [0, 0.05) is 19.6 Å². The van der Waals surface area contributed by atoms with Crippen molar-refractivity contribution in [1.82, 2.24) is 25.1 Å². The summed E-state index contributed by atoms with van der Waals surface area (Å²) in [6, 6.07) is 22.9. The van der Waals surface area contributed by atoms with Crippen molar-refractivity contribution in [2.24, 2.45) is 0 Å². The Morgan fingerprint density at radius 1 is 0.938 bits per heavy atom. The van der Waals surface area contributed by atoms with Crippen molar-refractivity contribution in [1.29, 1.82) is 0 Å². The van der Waals surface area contributed by atoms with E-state index in [4.69, 9.17) is 4.74 Å². The van der Waals surface area contributed by atoms with Crippen LogP contribution in [0.3, 0.4) is 0 Å². The van der Waals surface area contributed by atoms with Crippen molar-refractivity contribution in [2.75, 3.05) is 33.3 Å². The van der Waals surface area contributed by atoms with Gasteiger partial charge in [-0.3, -0.25) is 9.59 Å². The summed E-state index contributed by atoms with van der Waals surface area (Å²) in [4.78, 5) is 62.5. The molecule has 4 amide bonds. The number of carbonyl (C=O) groups is 3. The Hall–Kier alpha value is -2.68. The Morgan fingerprint density at radius 3 is 2.15 bits per heavy atom. The van der Waals surface area contributed by atoms with E-state index in [9.17, 15) is 28.7 Å². The van der Waals surface area contributed by atoms with Crippen LogP contribution in [0.15, 0.2) is 91.5 Å². The number of piperazine rings is 1. The van der Waals surface area contributed by atoms with Gasteiger partial charge >= 0.3 is 65.1 Å². The molecule has 2 fully saturated rings. The van der Waals surface area contributed by atoms with E-state index >= 15 is 0 Å². The summed E-state index contributed by atoms with van der Waals surface area (Å²) in [5, 5.41) is 6.18. The zero-order valence-electron chi connectivity index (χ0n) is 27.6. The van der Waals surface area contributed by atoms with E-state index in [-0.39, 0.29) is 102 Å². The maximum Gasteiger partial charge on any atom is 1.00 e. The molecule has 0 spiro atoms. The molecule has 244 valence electrons. The van der Waals surface area contributed by atoms with Crippen LogP contribution in [0.2, 0.25) is 0 Å². The number of phosphoric acid groups is 1. The number of phosphoric ester groups is 1. The van der Waals surface area contributed by atoms with Crippen molar-refractivity contribution in [3.05, 3.63) is 108 Å². The number of amides is 4. The van der Waals surface area contributed by atoms with Gasteiger partial charge in [0.1, 0.15) is 32.0 Å². The van der Waals surface area contributed by atoms with Crippen LogP contribution in [0.1, 0.15) is 16.7 Å². The van der Waals surface area contributed by atoms with Gasteiger partial charge in [-0.05, 0) is 42.3 Å². The van der Waals surface area contributed by atoms with Gasteiger partial charge in [0.15, 0.2) is 0 Å². The number of benzene rings is 3. The summed E-state index contributed by atoms with van der Waals surface area (Å²) < 4.78 is 19.4. The minimum Gasteiger partial charge on any atom is -0.780 e. The molecule has 0 aromatic heterocycles. The zero-order chi connectivity index (χ0) is 33.3. The van der Waals surface area contributed by atoms with Crippen LogP contribution in [0.5, 0.6) is 11.5 Å². The van der Waals surface area contributed by atoms with E-state index in [1.807, 2.05) is 61.5 Å². The number of rotatable bonds is 9. The van der Waals surface area contributed by atoms with Crippen molar-refractivity contribution in [2.45, 2.75) is 26.2 Å². The van der Waals surface area contributed by atoms with Crippen LogP contribution >= 0.6 is 7.82 Å². The monoisotopic (exact) mass is 695 g/mol. The van der Waals surface area contributed by atoms with E-state index in [1.165, 1.54) is 17.0 Å². The first-order chi connectivity index (χ1) is 22.0. The Bertz CT molecular complexity index is 1560. The SMILES string of the molecule is C=CCN1CC(=O)N2CC(=O)N(Cc3ccc(OC)cc3)CC2N1C(=O)NCc1ccccc1.Cc1ccc(OP(=O)([O-])[O-])cc1.[Na+].[Na+]. The average molecular weight is 696 g/mol. The van der Waals surface area contributed by atoms with Crippen molar-refractivity contribution >= 4 is 25.7 Å². The molecule has 5 rings (SSSR count). The molecular weight excluding hydrogens is 659 g/mol. The number of hydrogen-bond acceptors (Lipinski definition) is 9. The molecule has 0 saturated carbocycles. The maximum absolute atomic E-state index is 13.3. The fraction of sp³-hybridized carbons (Fsp3) is 0.281. The summed E-state index contributed by atoms with van der Waals surface area (Å²) in [5.41, 5.74) is 2.87. The molecule has 2 aliphatic rings. The molecular formula is C32H36N5Na2O8P. The third-order valence-electron chi connectivity index (χ3n) is 7.23. The van der Waals surface area contributed by atoms with E-state index in [0.717, 1.165) is 22.4 Å². The third kappa shape index (κ3) is 12.0. The Kier molecular flexibility index (Phi) is 16.8. The van der Waals surface area contributed by atoms with Crippen LogP contribution in [-0.4, -0.2) is 77.1 Å². The van der Waals surface area contributed by atoms with Crippen LogP contribution in [0.25, 0.3) is 0 Å². The number of fused-ring (bicyclic) bond motifs is 1. The summed E-state index contributed by atoms with van der Waals surface area (Å²) >= 11 is 0. The first-order valence-corrected chi connectivity index (χ1v) is 15.9. The molecule has 2 heterocycles. The Labute approximate surface area is 324 Å². The average Bonchev–Trinajstić information content (AvgIpc) is 3.03. The molecule has 0 bridgehead atoms. The predicted octanol–water partition coefficient (Wildman–Crippen LogP) is -3.97. The third-order valence-corrected chi connectivity index (χ3v) is 7.67. The molecule has 2 saturated heterocycles. The summed E-state index contributed by atoms with van der Waals surface area (Å²) in [5.74, 6) is 0.451. The van der Waals surface area contributed by atoms with E-state index in [1.54, 1.807) is 40.2 Å². The number of ether oxygens (including phenoxy) is 1. The normalized spacial score (nSPS) is 15.9. The minimum atomic E-state index is -4.90. The molecule has 48 heavy (non-hydrogen) atoms. The molecule has 1 unspecified atom stereocenters. The minimum absolute atomic E-state index is 0. The molecule has 0 aliphatic carbocycles. The van der Waals surface area contributed by atoms with Gasteiger partial charge < -0.3 is 38.7 Å². The molecule has 1 atom stereocenters. The molecule has 13 nitrogen and oxygen atoms in total. The number of nitrogens with zero attached hydrogens (tertiary/aromatic N) is 4. The van der Waals surface area contributed by atoms with Crippen LogP contribution in [0, 0.1) is 6.92 Å². The topological polar surface area (TPSA) is 158 Å².